The van der Waals surface area contributed by atoms with Gasteiger partial charge in [0.15, 0.2) is 0 Å². The Morgan fingerprint density at radius 3 is 2.59 bits per heavy atom. The molecule has 0 atom stereocenters. The Kier molecular flexibility index (Phi) is 4.65. The van der Waals surface area contributed by atoms with Crippen LogP contribution in [0.4, 0.5) is 11.4 Å². The quantitative estimate of drug-likeness (QED) is 0.636. The van der Waals surface area contributed by atoms with E-state index in [1.54, 1.807) is 26.0 Å². The first kappa shape index (κ1) is 16.2. The van der Waals surface area contributed by atoms with E-state index < -0.39 is 10.5 Å². The summed E-state index contributed by atoms with van der Waals surface area (Å²) in [5.74, 6) is -0.352. The molecule has 1 fully saturated rings. The van der Waals surface area contributed by atoms with Gasteiger partial charge < -0.3 is 16.0 Å². The number of hydrogen-bond donors (Lipinski definition) is 2. The van der Waals surface area contributed by atoms with E-state index in [1.165, 1.54) is 6.07 Å². The first-order valence-corrected chi connectivity index (χ1v) is 7.38. The van der Waals surface area contributed by atoms with Crippen LogP contribution < -0.4 is 16.0 Å². The zero-order chi connectivity index (χ0) is 16.3. The normalized spacial score (nSPS) is 15.0. The molecule has 0 aliphatic carbocycles. The van der Waals surface area contributed by atoms with Crippen molar-refractivity contribution in [3.8, 4) is 0 Å². The topological polar surface area (TPSA) is 102 Å². The molecule has 1 aromatic carbocycles. The van der Waals surface area contributed by atoms with E-state index in [4.69, 9.17) is 5.73 Å². The number of anilines is 1. The zero-order valence-electron chi connectivity index (χ0n) is 13.0. The molecule has 7 nitrogen and oxygen atoms in total. The molecule has 0 unspecified atom stereocenters. The number of nitrogens with zero attached hydrogens (tertiary/aromatic N) is 2. The van der Waals surface area contributed by atoms with Crippen LogP contribution in [0.3, 0.4) is 0 Å². The standard InChI is InChI=1S/C15H22N4O3/c1-15(2,16)10-17-14(20)11-5-6-12(13(9-11)19(21)22)18-7-3-4-8-18/h5-6,9H,3-4,7-8,10,16H2,1-2H3,(H,17,20). The summed E-state index contributed by atoms with van der Waals surface area (Å²) in [4.78, 5) is 24.9. The molecule has 120 valence electrons. The molecule has 3 N–H and O–H groups in total. The molecule has 0 radical (unpaired) electrons. The van der Waals surface area contributed by atoms with Gasteiger partial charge in [-0.25, -0.2) is 0 Å². The number of hydrogen-bond acceptors (Lipinski definition) is 5. The summed E-state index contributed by atoms with van der Waals surface area (Å²) in [6.07, 6.45) is 2.07. The molecule has 2 rings (SSSR count). The first-order valence-electron chi connectivity index (χ1n) is 7.38. The van der Waals surface area contributed by atoms with Crippen molar-refractivity contribution in [3.63, 3.8) is 0 Å². The van der Waals surface area contributed by atoms with Crippen molar-refractivity contribution >= 4 is 17.3 Å². The lowest BCUT2D eigenvalue weighted by Crippen LogP contribution is -2.45. The minimum absolute atomic E-state index is 0.0263. The highest BCUT2D eigenvalue weighted by atomic mass is 16.6. The van der Waals surface area contributed by atoms with Gasteiger partial charge in [0.05, 0.1) is 4.92 Å². The van der Waals surface area contributed by atoms with Crippen LogP contribution in [0, 0.1) is 10.1 Å². The third-order valence-electron chi connectivity index (χ3n) is 3.59. The van der Waals surface area contributed by atoms with Crippen LogP contribution in [0.1, 0.15) is 37.0 Å². The molecule has 1 aromatic rings. The number of nitro benzene ring substituents is 1. The number of carbonyl (C=O) groups excluding carboxylic acids is 1. The molecule has 1 saturated heterocycles. The van der Waals surface area contributed by atoms with Gasteiger partial charge >= 0.3 is 0 Å². The van der Waals surface area contributed by atoms with Gasteiger partial charge in [0, 0.05) is 36.8 Å². The summed E-state index contributed by atoms with van der Waals surface area (Å²) in [6, 6.07) is 4.62. The summed E-state index contributed by atoms with van der Waals surface area (Å²) in [5.41, 5.74) is 6.12. The lowest BCUT2D eigenvalue weighted by atomic mass is 10.1. The van der Waals surface area contributed by atoms with Gasteiger partial charge in [-0.1, -0.05) is 0 Å². The smallest absolute Gasteiger partial charge is 0.293 e. The van der Waals surface area contributed by atoms with E-state index in [1.807, 2.05) is 4.90 Å². The lowest BCUT2D eigenvalue weighted by molar-refractivity contribution is -0.384. The van der Waals surface area contributed by atoms with Crippen LogP contribution >= 0.6 is 0 Å². The highest BCUT2D eigenvalue weighted by molar-refractivity contribution is 5.95. The van der Waals surface area contributed by atoms with E-state index in [9.17, 15) is 14.9 Å². The largest absolute Gasteiger partial charge is 0.366 e. The van der Waals surface area contributed by atoms with Crippen molar-refractivity contribution in [3.05, 3.63) is 33.9 Å². The van der Waals surface area contributed by atoms with Crippen LogP contribution in [-0.4, -0.2) is 36.0 Å². The summed E-state index contributed by atoms with van der Waals surface area (Å²) in [7, 11) is 0. The number of nitrogens with two attached hydrogens (primary N) is 1. The highest BCUT2D eigenvalue weighted by Crippen LogP contribution is 2.31. The molecule has 1 heterocycles. The van der Waals surface area contributed by atoms with E-state index >= 15 is 0 Å². The van der Waals surface area contributed by atoms with Gasteiger partial charge in [0.1, 0.15) is 5.69 Å². The third-order valence-corrected chi connectivity index (χ3v) is 3.59. The highest BCUT2D eigenvalue weighted by Gasteiger charge is 2.24. The fraction of sp³-hybridized carbons (Fsp3) is 0.533. The Hall–Kier alpha value is -2.15. The average Bonchev–Trinajstić information content (AvgIpc) is 2.97. The molecule has 0 bridgehead atoms. The Balaban J connectivity index is 2.21. The van der Waals surface area contributed by atoms with Gasteiger partial charge in [0.25, 0.3) is 11.6 Å². The van der Waals surface area contributed by atoms with Crippen LogP contribution in [0.15, 0.2) is 18.2 Å². The zero-order valence-corrected chi connectivity index (χ0v) is 13.0. The molecule has 0 aromatic heterocycles. The monoisotopic (exact) mass is 306 g/mol. The van der Waals surface area contributed by atoms with E-state index in [0.29, 0.717) is 12.2 Å². The van der Waals surface area contributed by atoms with E-state index in [-0.39, 0.29) is 17.2 Å². The predicted octanol–water partition coefficient (Wildman–Crippen LogP) is 1.66. The summed E-state index contributed by atoms with van der Waals surface area (Å²) in [5, 5.41) is 14.0. The maximum Gasteiger partial charge on any atom is 0.293 e. The van der Waals surface area contributed by atoms with Gasteiger partial charge in [-0.05, 0) is 38.8 Å². The molecule has 22 heavy (non-hydrogen) atoms. The number of nitro groups is 1. The number of rotatable bonds is 5. The molecule has 1 aliphatic heterocycles. The molecule has 7 heteroatoms. The van der Waals surface area contributed by atoms with Crippen molar-refractivity contribution in [1.82, 2.24) is 5.32 Å². The summed E-state index contributed by atoms with van der Waals surface area (Å²) >= 11 is 0. The minimum Gasteiger partial charge on any atom is -0.366 e. The summed E-state index contributed by atoms with van der Waals surface area (Å²) < 4.78 is 0. The van der Waals surface area contributed by atoms with Crippen LogP contribution in [-0.2, 0) is 0 Å². The predicted molar refractivity (Wildman–Crippen MR) is 85.1 cm³/mol. The Labute approximate surface area is 129 Å². The third kappa shape index (κ3) is 3.94. The SMILES string of the molecule is CC(C)(N)CNC(=O)c1ccc(N2CCCC2)c([N+](=O)[O-])c1. The van der Waals surface area contributed by atoms with Crippen molar-refractivity contribution in [2.75, 3.05) is 24.5 Å². The first-order chi connectivity index (χ1) is 10.3. The minimum atomic E-state index is -0.531. The number of amides is 1. The number of benzene rings is 1. The number of nitrogens with one attached hydrogen (secondary N) is 1. The fourth-order valence-corrected chi connectivity index (χ4v) is 2.45. The van der Waals surface area contributed by atoms with Gasteiger partial charge in [-0.3, -0.25) is 14.9 Å². The second kappa shape index (κ2) is 6.31. The van der Waals surface area contributed by atoms with Gasteiger partial charge in [0.2, 0.25) is 0 Å². The van der Waals surface area contributed by atoms with Crippen LogP contribution in [0.25, 0.3) is 0 Å². The molecule has 1 aliphatic rings. The maximum atomic E-state index is 12.1. The van der Waals surface area contributed by atoms with E-state index in [0.717, 1.165) is 25.9 Å². The fourth-order valence-electron chi connectivity index (χ4n) is 2.45. The summed E-state index contributed by atoms with van der Waals surface area (Å²) in [6.45, 7) is 5.52. The molecule has 1 amide bonds. The average molecular weight is 306 g/mol. The van der Waals surface area contributed by atoms with Crippen molar-refractivity contribution in [2.24, 2.45) is 5.73 Å². The van der Waals surface area contributed by atoms with Crippen molar-refractivity contribution < 1.29 is 9.72 Å². The second-order valence-electron chi connectivity index (χ2n) is 6.33. The van der Waals surface area contributed by atoms with Gasteiger partial charge in [-0.2, -0.15) is 0 Å². The molecule has 0 spiro atoms. The second-order valence-corrected chi connectivity index (χ2v) is 6.33. The lowest BCUT2D eigenvalue weighted by Gasteiger charge is -2.20. The van der Waals surface area contributed by atoms with Crippen molar-refractivity contribution in [2.45, 2.75) is 32.2 Å². The molecular weight excluding hydrogens is 284 g/mol. The Bertz CT molecular complexity index is 575. The van der Waals surface area contributed by atoms with Gasteiger partial charge in [-0.15, -0.1) is 0 Å². The van der Waals surface area contributed by atoms with Crippen molar-refractivity contribution in [1.29, 1.82) is 0 Å². The Morgan fingerprint density at radius 2 is 2.05 bits per heavy atom. The van der Waals surface area contributed by atoms with Crippen LogP contribution in [0.2, 0.25) is 0 Å². The number of carbonyl (C=O) groups is 1. The van der Waals surface area contributed by atoms with Crippen LogP contribution in [0.5, 0.6) is 0 Å². The van der Waals surface area contributed by atoms with E-state index in [2.05, 4.69) is 5.32 Å². The molecular formula is C15H22N4O3. The Morgan fingerprint density at radius 1 is 1.41 bits per heavy atom. The maximum absolute atomic E-state index is 12.1. The molecule has 0 saturated carbocycles.